The number of halogens is 2. The molecular formula is C8H5F2NO2. The highest BCUT2D eigenvalue weighted by molar-refractivity contribution is 5.48. The molecule has 68 valence electrons. The van der Waals surface area contributed by atoms with Gasteiger partial charge in [-0.3, -0.25) is 10.1 Å². The van der Waals surface area contributed by atoms with E-state index in [1.165, 1.54) is 0 Å². The second-order valence-corrected chi connectivity index (χ2v) is 2.27. The predicted octanol–water partition coefficient (Wildman–Crippen LogP) is 2.21. The van der Waals surface area contributed by atoms with Crippen LogP contribution in [-0.4, -0.2) is 4.92 Å². The molecule has 0 fully saturated rings. The van der Waals surface area contributed by atoms with Crippen molar-refractivity contribution >= 4 is 6.08 Å². The van der Waals surface area contributed by atoms with Crippen molar-refractivity contribution in [1.82, 2.24) is 0 Å². The molecule has 0 aliphatic rings. The van der Waals surface area contributed by atoms with Crippen molar-refractivity contribution in [2.75, 3.05) is 0 Å². The van der Waals surface area contributed by atoms with Gasteiger partial charge in [-0.15, -0.1) is 0 Å². The Morgan fingerprint density at radius 1 is 1.38 bits per heavy atom. The molecule has 0 N–H and O–H groups in total. The zero-order valence-electron chi connectivity index (χ0n) is 6.41. The second kappa shape index (κ2) is 3.75. The van der Waals surface area contributed by atoms with Gasteiger partial charge >= 0.3 is 0 Å². The number of hydrogen-bond donors (Lipinski definition) is 0. The van der Waals surface area contributed by atoms with E-state index in [9.17, 15) is 18.9 Å². The van der Waals surface area contributed by atoms with Crippen LogP contribution in [0, 0.1) is 21.7 Å². The Balaban J connectivity index is 2.96. The van der Waals surface area contributed by atoms with Crippen LogP contribution in [0.2, 0.25) is 0 Å². The third-order valence-electron chi connectivity index (χ3n) is 1.34. The Hall–Kier alpha value is -1.78. The van der Waals surface area contributed by atoms with Gasteiger partial charge in [0.25, 0.3) is 0 Å². The van der Waals surface area contributed by atoms with Gasteiger partial charge in [0.15, 0.2) is 0 Å². The maximum atomic E-state index is 12.8. The molecule has 0 aliphatic heterocycles. The molecular weight excluding hydrogens is 180 g/mol. The summed E-state index contributed by atoms with van der Waals surface area (Å²) in [7, 11) is 0. The molecule has 0 amide bonds. The maximum absolute atomic E-state index is 12.8. The van der Waals surface area contributed by atoms with Crippen LogP contribution in [0.3, 0.4) is 0 Å². The van der Waals surface area contributed by atoms with Crippen molar-refractivity contribution in [1.29, 1.82) is 0 Å². The van der Waals surface area contributed by atoms with Gasteiger partial charge < -0.3 is 0 Å². The molecule has 0 bridgehead atoms. The fourth-order valence-electron chi connectivity index (χ4n) is 0.778. The molecule has 5 heteroatoms. The Morgan fingerprint density at radius 3 is 2.62 bits per heavy atom. The minimum absolute atomic E-state index is 0.0156. The molecule has 1 rings (SSSR count). The Morgan fingerprint density at radius 2 is 2.08 bits per heavy atom. The molecule has 0 heterocycles. The summed E-state index contributed by atoms with van der Waals surface area (Å²) in [6, 6.07) is 2.83. The van der Waals surface area contributed by atoms with Gasteiger partial charge in [0.2, 0.25) is 6.20 Å². The van der Waals surface area contributed by atoms with Crippen LogP contribution in [0.15, 0.2) is 24.4 Å². The number of benzene rings is 1. The molecule has 13 heavy (non-hydrogen) atoms. The van der Waals surface area contributed by atoms with Crippen LogP contribution >= 0.6 is 0 Å². The molecule has 0 saturated carbocycles. The summed E-state index contributed by atoms with van der Waals surface area (Å²) in [6.07, 6.45) is 1.56. The van der Waals surface area contributed by atoms with E-state index in [1.54, 1.807) is 0 Å². The van der Waals surface area contributed by atoms with Crippen molar-refractivity contribution in [3.05, 3.63) is 51.7 Å². The number of nitrogens with zero attached hydrogens (tertiary/aromatic N) is 1. The predicted molar refractivity (Wildman–Crippen MR) is 42.4 cm³/mol. The van der Waals surface area contributed by atoms with Gasteiger partial charge in [-0.25, -0.2) is 8.78 Å². The first-order valence-corrected chi connectivity index (χ1v) is 3.36. The van der Waals surface area contributed by atoms with Gasteiger partial charge in [-0.2, -0.15) is 0 Å². The average molecular weight is 185 g/mol. The number of nitro groups is 1. The van der Waals surface area contributed by atoms with Crippen molar-refractivity contribution in [2.24, 2.45) is 0 Å². The monoisotopic (exact) mass is 185 g/mol. The molecule has 0 atom stereocenters. The minimum Gasteiger partial charge on any atom is -0.259 e. The van der Waals surface area contributed by atoms with Crippen LogP contribution in [0.5, 0.6) is 0 Å². The molecule has 0 saturated heterocycles. The number of hydrogen-bond acceptors (Lipinski definition) is 2. The Labute approximate surface area is 72.5 Å². The molecule has 0 spiro atoms. The standard InChI is InChI=1S/C8H5F2NO2/c9-7-2-1-6(8(10)5-7)3-4-11(12)13/h1-5H/b4-3+. The van der Waals surface area contributed by atoms with Gasteiger partial charge in [0.05, 0.1) is 4.92 Å². The molecule has 0 radical (unpaired) electrons. The lowest BCUT2D eigenvalue weighted by Gasteiger charge is -1.94. The molecule has 1 aromatic rings. The Bertz CT molecular complexity index is 363. The van der Waals surface area contributed by atoms with Crippen molar-refractivity contribution in [3.63, 3.8) is 0 Å². The van der Waals surface area contributed by atoms with E-state index in [1.807, 2.05) is 0 Å². The number of rotatable bonds is 2. The third kappa shape index (κ3) is 2.62. The molecule has 1 aromatic carbocycles. The van der Waals surface area contributed by atoms with Crippen LogP contribution in [0.25, 0.3) is 6.08 Å². The minimum atomic E-state index is -0.821. The van der Waals surface area contributed by atoms with E-state index in [-0.39, 0.29) is 5.56 Å². The zero-order chi connectivity index (χ0) is 9.84. The average Bonchev–Trinajstić information content (AvgIpc) is 2.02. The zero-order valence-corrected chi connectivity index (χ0v) is 6.41. The van der Waals surface area contributed by atoms with E-state index in [2.05, 4.69) is 0 Å². The summed E-state index contributed by atoms with van der Waals surface area (Å²) in [5.41, 5.74) is -0.0156. The molecule has 0 aliphatic carbocycles. The van der Waals surface area contributed by atoms with Crippen LogP contribution in [0.4, 0.5) is 8.78 Å². The van der Waals surface area contributed by atoms with Gasteiger partial charge in [0, 0.05) is 17.7 Å². The first-order valence-electron chi connectivity index (χ1n) is 3.36. The first kappa shape index (κ1) is 9.31. The van der Waals surface area contributed by atoms with E-state index in [0.717, 1.165) is 18.2 Å². The summed E-state index contributed by atoms with van der Waals surface area (Å²) in [4.78, 5) is 9.15. The first-order chi connectivity index (χ1) is 6.09. The highest BCUT2D eigenvalue weighted by Gasteiger charge is 2.00. The van der Waals surface area contributed by atoms with Gasteiger partial charge in [0.1, 0.15) is 11.6 Å². The summed E-state index contributed by atoms with van der Waals surface area (Å²) in [5, 5.41) is 9.87. The lowest BCUT2D eigenvalue weighted by atomic mass is 10.2. The SMILES string of the molecule is O=[N+]([O-])/C=C/c1ccc(F)cc1F. The van der Waals surface area contributed by atoms with Crippen molar-refractivity contribution in [3.8, 4) is 0 Å². The third-order valence-corrected chi connectivity index (χ3v) is 1.34. The highest BCUT2D eigenvalue weighted by atomic mass is 19.1. The molecule has 0 unspecified atom stereocenters. The fraction of sp³-hybridized carbons (Fsp3) is 0. The van der Waals surface area contributed by atoms with Crippen LogP contribution in [-0.2, 0) is 0 Å². The summed E-state index contributed by atoms with van der Waals surface area (Å²) in [6.45, 7) is 0. The summed E-state index contributed by atoms with van der Waals surface area (Å²) in [5.74, 6) is -1.53. The molecule has 0 aromatic heterocycles. The quantitative estimate of drug-likeness (QED) is 0.523. The maximum Gasteiger partial charge on any atom is 0.235 e. The largest absolute Gasteiger partial charge is 0.259 e. The lowest BCUT2D eigenvalue weighted by molar-refractivity contribution is -0.400. The van der Waals surface area contributed by atoms with Crippen molar-refractivity contribution < 1.29 is 13.7 Å². The van der Waals surface area contributed by atoms with Gasteiger partial charge in [-0.1, -0.05) is 0 Å². The van der Waals surface area contributed by atoms with Gasteiger partial charge in [-0.05, 0) is 12.1 Å². The highest BCUT2D eigenvalue weighted by Crippen LogP contribution is 2.10. The smallest absolute Gasteiger partial charge is 0.235 e. The van der Waals surface area contributed by atoms with Crippen molar-refractivity contribution in [2.45, 2.75) is 0 Å². The van der Waals surface area contributed by atoms with E-state index in [0.29, 0.717) is 12.3 Å². The fourth-order valence-corrected chi connectivity index (χ4v) is 0.778. The summed E-state index contributed by atoms with van der Waals surface area (Å²) < 4.78 is 25.1. The second-order valence-electron chi connectivity index (χ2n) is 2.27. The van der Waals surface area contributed by atoms with Crippen LogP contribution in [0.1, 0.15) is 5.56 Å². The molecule has 3 nitrogen and oxygen atoms in total. The Kier molecular flexibility index (Phi) is 2.69. The van der Waals surface area contributed by atoms with E-state index < -0.39 is 16.6 Å². The topological polar surface area (TPSA) is 43.1 Å². The lowest BCUT2D eigenvalue weighted by Crippen LogP contribution is -1.86. The van der Waals surface area contributed by atoms with Crippen LogP contribution < -0.4 is 0 Å². The summed E-state index contributed by atoms with van der Waals surface area (Å²) >= 11 is 0. The van der Waals surface area contributed by atoms with E-state index in [4.69, 9.17) is 0 Å². The van der Waals surface area contributed by atoms with E-state index >= 15 is 0 Å². The normalized spacial score (nSPS) is 10.6.